The summed E-state index contributed by atoms with van der Waals surface area (Å²) in [6, 6.07) is 13.1. The van der Waals surface area contributed by atoms with Crippen molar-refractivity contribution in [1.82, 2.24) is 0 Å². The molecule has 0 spiro atoms. The van der Waals surface area contributed by atoms with Gasteiger partial charge in [0.1, 0.15) is 11.5 Å². The zero-order valence-electron chi connectivity index (χ0n) is 10.2. The van der Waals surface area contributed by atoms with Crippen LogP contribution in [0.15, 0.2) is 36.4 Å². The zero-order chi connectivity index (χ0) is 13.1. The first-order chi connectivity index (χ1) is 8.60. The molecule has 0 N–H and O–H groups in total. The van der Waals surface area contributed by atoms with Crippen LogP contribution in [0.2, 0.25) is 5.02 Å². The van der Waals surface area contributed by atoms with Crippen molar-refractivity contribution in [2.45, 2.75) is 13.8 Å². The Labute approximate surface area is 111 Å². The van der Waals surface area contributed by atoms with Gasteiger partial charge in [-0.2, -0.15) is 5.26 Å². The SMILES string of the molecule is Cc1ccc(Oc2ccc(C#N)c(C)c2)c(Cl)c1. The van der Waals surface area contributed by atoms with Crippen molar-refractivity contribution in [3.8, 4) is 17.6 Å². The molecule has 0 bridgehead atoms. The minimum absolute atomic E-state index is 0.581. The number of rotatable bonds is 2. The predicted octanol–water partition coefficient (Wildman–Crippen LogP) is 4.62. The molecule has 0 atom stereocenters. The van der Waals surface area contributed by atoms with E-state index < -0.39 is 0 Å². The number of halogens is 1. The highest BCUT2D eigenvalue weighted by Gasteiger charge is 2.05. The Hall–Kier alpha value is -1.98. The van der Waals surface area contributed by atoms with E-state index in [9.17, 15) is 0 Å². The third-order valence-electron chi connectivity index (χ3n) is 2.63. The Kier molecular flexibility index (Phi) is 3.55. The van der Waals surface area contributed by atoms with Gasteiger partial charge in [0.15, 0.2) is 0 Å². The molecule has 0 saturated heterocycles. The molecule has 0 amide bonds. The van der Waals surface area contributed by atoms with Crippen LogP contribution in [0, 0.1) is 25.2 Å². The quantitative estimate of drug-likeness (QED) is 0.786. The Morgan fingerprint density at radius 1 is 1.11 bits per heavy atom. The largest absolute Gasteiger partial charge is 0.456 e. The lowest BCUT2D eigenvalue weighted by Gasteiger charge is -2.09. The molecule has 0 saturated carbocycles. The summed E-state index contributed by atoms with van der Waals surface area (Å²) in [6.07, 6.45) is 0. The van der Waals surface area contributed by atoms with E-state index in [1.165, 1.54) is 0 Å². The fraction of sp³-hybridized carbons (Fsp3) is 0.133. The predicted molar refractivity (Wildman–Crippen MR) is 72.2 cm³/mol. The Morgan fingerprint density at radius 2 is 1.89 bits per heavy atom. The third-order valence-corrected chi connectivity index (χ3v) is 2.93. The average Bonchev–Trinajstić information content (AvgIpc) is 2.33. The number of aryl methyl sites for hydroxylation is 2. The normalized spacial score (nSPS) is 9.89. The monoisotopic (exact) mass is 257 g/mol. The van der Waals surface area contributed by atoms with Crippen molar-refractivity contribution in [3.63, 3.8) is 0 Å². The maximum absolute atomic E-state index is 8.86. The van der Waals surface area contributed by atoms with Gasteiger partial charge in [-0.15, -0.1) is 0 Å². The van der Waals surface area contributed by atoms with Gasteiger partial charge in [-0.05, 0) is 55.3 Å². The van der Waals surface area contributed by atoms with Crippen molar-refractivity contribution < 1.29 is 4.74 Å². The maximum atomic E-state index is 8.86. The van der Waals surface area contributed by atoms with E-state index in [1.807, 2.05) is 38.1 Å². The van der Waals surface area contributed by atoms with E-state index in [4.69, 9.17) is 21.6 Å². The fourth-order valence-corrected chi connectivity index (χ4v) is 1.91. The number of ether oxygens (including phenoxy) is 1. The van der Waals surface area contributed by atoms with Crippen LogP contribution in [0.5, 0.6) is 11.5 Å². The van der Waals surface area contributed by atoms with Crippen LogP contribution in [-0.4, -0.2) is 0 Å². The van der Waals surface area contributed by atoms with Crippen molar-refractivity contribution in [2.75, 3.05) is 0 Å². The molecule has 0 aliphatic heterocycles. The van der Waals surface area contributed by atoms with Gasteiger partial charge < -0.3 is 4.74 Å². The molecule has 2 nitrogen and oxygen atoms in total. The van der Waals surface area contributed by atoms with Crippen LogP contribution in [0.25, 0.3) is 0 Å². The van der Waals surface area contributed by atoms with E-state index >= 15 is 0 Å². The van der Waals surface area contributed by atoms with Gasteiger partial charge in [-0.3, -0.25) is 0 Å². The summed E-state index contributed by atoms with van der Waals surface area (Å²) in [5, 5.41) is 9.44. The van der Waals surface area contributed by atoms with Crippen LogP contribution in [0.1, 0.15) is 16.7 Å². The first kappa shape index (κ1) is 12.5. The molecule has 2 aromatic carbocycles. The van der Waals surface area contributed by atoms with Crippen molar-refractivity contribution in [1.29, 1.82) is 5.26 Å². The number of hydrogen-bond acceptors (Lipinski definition) is 2. The smallest absolute Gasteiger partial charge is 0.146 e. The van der Waals surface area contributed by atoms with Gasteiger partial charge in [0.05, 0.1) is 16.7 Å². The molecule has 0 unspecified atom stereocenters. The van der Waals surface area contributed by atoms with Crippen LogP contribution in [0.4, 0.5) is 0 Å². The molecule has 0 aromatic heterocycles. The zero-order valence-corrected chi connectivity index (χ0v) is 11.0. The van der Waals surface area contributed by atoms with E-state index in [-0.39, 0.29) is 0 Å². The van der Waals surface area contributed by atoms with Crippen molar-refractivity contribution in [3.05, 3.63) is 58.1 Å². The minimum atomic E-state index is 0.581. The van der Waals surface area contributed by atoms with Crippen LogP contribution in [-0.2, 0) is 0 Å². The van der Waals surface area contributed by atoms with Gasteiger partial charge in [0, 0.05) is 0 Å². The molecule has 3 heteroatoms. The summed E-state index contributed by atoms with van der Waals surface area (Å²) in [7, 11) is 0. The topological polar surface area (TPSA) is 33.0 Å². The van der Waals surface area contributed by atoms with Gasteiger partial charge in [-0.25, -0.2) is 0 Å². The average molecular weight is 258 g/mol. The van der Waals surface area contributed by atoms with Gasteiger partial charge in [-0.1, -0.05) is 17.7 Å². The summed E-state index contributed by atoms with van der Waals surface area (Å²) >= 11 is 6.10. The molecule has 2 aromatic rings. The number of hydrogen-bond donors (Lipinski definition) is 0. The highest BCUT2D eigenvalue weighted by Crippen LogP contribution is 2.30. The van der Waals surface area contributed by atoms with Crippen molar-refractivity contribution in [2.24, 2.45) is 0 Å². The maximum Gasteiger partial charge on any atom is 0.146 e. The highest BCUT2D eigenvalue weighted by molar-refractivity contribution is 6.32. The second-order valence-electron chi connectivity index (χ2n) is 4.12. The molecule has 0 aliphatic carbocycles. The molecule has 18 heavy (non-hydrogen) atoms. The van der Waals surface area contributed by atoms with Gasteiger partial charge >= 0.3 is 0 Å². The minimum Gasteiger partial charge on any atom is -0.456 e. The molecule has 2 rings (SSSR count). The fourth-order valence-electron chi connectivity index (χ4n) is 1.64. The second kappa shape index (κ2) is 5.12. The van der Waals surface area contributed by atoms with Crippen LogP contribution < -0.4 is 4.74 Å². The lowest BCUT2D eigenvalue weighted by atomic mass is 10.1. The summed E-state index contributed by atoms with van der Waals surface area (Å²) < 4.78 is 5.70. The van der Waals surface area contributed by atoms with E-state index in [0.29, 0.717) is 22.1 Å². The van der Waals surface area contributed by atoms with Crippen LogP contribution >= 0.6 is 11.6 Å². The summed E-state index contributed by atoms with van der Waals surface area (Å²) in [6.45, 7) is 3.85. The first-order valence-electron chi connectivity index (χ1n) is 5.55. The lowest BCUT2D eigenvalue weighted by molar-refractivity contribution is 0.482. The van der Waals surface area contributed by atoms with Gasteiger partial charge in [0.25, 0.3) is 0 Å². The number of benzene rings is 2. The summed E-state index contributed by atoms with van der Waals surface area (Å²) in [5.41, 5.74) is 2.62. The molecular formula is C15H12ClNO. The Bertz CT molecular complexity index is 629. The Balaban J connectivity index is 2.29. The highest BCUT2D eigenvalue weighted by atomic mass is 35.5. The Morgan fingerprint density at radius 3 is 2.50 bits per heavy atom. The third kappa shape index (κ3) is 2.64. The van der Waals surface area contributed by atoms with Crippen molar-refractivity contribution >= 4 is 11.6 Å². The molecule has 0 fully saturated rings. The molecule has 0 aliphatic rings. The summed E-state index contributed by atoms with van der Waals surface area (Å²) in [4.78, 5) is 0. The number of nitriles is 1. The standard InChI is InChI=1S/C15H12ClNO/c1-10-3-6-15(14(16)7-10)18-13-5-4-12(9-17)11(2)8-13/h3-8H,1-2H3. The summed E-state index contributed by atoms with van der Waals surface area (Å²) in [5.74, 6) is 1.30. The molecule has 90 valence electrons. The molecular weight excluding hydrogens is 246 g/mol. The first-order valence-corrected chi connectivity index (χ1v) is 5.92. The van der Waals surface area contributed by atoms with Crippen LogP contribution in [0.3, 0.4) is 0 Å². The van der Waals surface area contributed by atoms with E-state index in [0.717, 1.165) is 11.1 Å². The number of nitrogens with zero attached hydrogens (tertiary/aromatic N) is 1. The van der Waals surface area contributed by atoms with E-state index in [1.54, 1.807) is 12.1 Å². The van der Waals surface area contributed by atoms with Gasteiger partial charge in [0.2, 0.25) is 0 Å². The molecule has 0 radical (unpaired) electrons. The second-order valence-corrected chi connectivity index (χ2v) is 4.53. The van der Waals surface area contributed by atoms with E-state index in [2.05, 4.69) is 6.07 Å². The lowest BCUT2D eigenvalue weighted by Crippen LogP contribution is -1.88. The molecule has 0 heterocycles.